The molecule has 10 atom stereocenters. The molecule has 0 amide bonds. The minimum atomic E-state index is -1.40. The summed E-state index contributed by atoms with van der Waals surface area (Å²) >= 11 is 0. The van der Waals surface area contributed by atoms with Gasteiger partial charge in [0.25, 0.3) is 0 Å². The largest absolute Gasteiger partial charge is 0.451 e. The molecule has 6 nitrogen and oxygen atoms in total. The summed E-state index contributed by atoms with van der Waals surface area (Å²) in [5, 5.41) is 32.9. The summed E-state index contributed by atoms with van der Waals surface area (Å²) in [6, 6.07) is 0. The second-order valence-corrected chi connectivity index (χ2v) is 10.9. The number of rotatable bonds is 2. The molecule has 4 rings (SSSR count). The zero-order valence-corrected chi connectivity index (χ0v) is 18.7. The fraction of sp³-hybridized carbons (Fsp3) is 0.833. The van der Waals surface area contributed by atoms with Gasteiger partial charge in [0.15, 0.2) is 11.4 Å². The van der Waals surface area contributed by atoms with Crippen molar-refractivity contribution in [3.8, 4) is 0 Å². The molecule has 6 heteroatoms. The number of carbonyl (C=O) groups excluding carboxylic acids is 2. The summed E-state index contributed by atoms with van der Waals surface area (Å²) in [6.07, 6.45) is 2.73. The summed E-state index contributed by atoms with van der Waals surface area (Å²) in [5.74, 6) is -0.857. The second-order valence-electron chi connectivity index (χ2n) is 10.9. The van der Waals surface area contributed by atoms with Gasteiger partial charge < -0.3 is 20.1 Å². The van der Waals surface area contributed by atoms with E-state index in [1.165, 1.54) is 19.4 Å². The number of hydrogen-bond acceptors (Lipinski definition) is 6. The number of Topliss-reactive ketones (excluding diaryl/α,β-unsaturated/α-hetero) is 1. The molecule has 30 heavy (non-hydrogen) atoms. The number of allylic oxidation sites excluding steroid dienone is 1. The van der Waals surface area contributed by atoms with E-state index in [9.17, 15) is 24.9 Å². The van der Waals surface area contributed by atoms with Gasteiger partial charge in [-0.3, -0.25) is 9.59 Å². The van der Waals surface area contributed by atoms with Gasteiger partial charge in [-0.05, 0) is 61.7 Å². The lowest BCUT2D eigenvalue weighted by Crippen LogP contribution is -2.63. The molecular formula is C24H36O6. The number of esters is 1. The molecule has 0 aromatic carbocycles. The van der Waals surface area contributed by atoms with Gasteiger partial charge in [-0.15, -0.1) is 0 Å². The van der Waals surface area contributed by atoms with Crippen LogP contribution >= 0.6 is 0 Å². The molecule has 3 saturated carbocycles. The highest BCUT2D eigenvalue weighted by molar-refractivity contribution is 5.89. The first-order valence-electron chi connectivity index (χ1n) is 11.3. The second kappa shape index (κ2) is 6.88. The number of aliphatic hydroxyl groups excluding tert-OH is 3. The molecule has 0 aromatic heterocycles. The highest BCUT2D eigenvalue weighted by Gasteiger charge is 2.72. The number of ether oxygens (including phenoxy) is 1. The van der Waals surface area contributed by atoms with E-state index in [0.717, 1.165) is 12.8 Å². The predicted molar refractivity (Wildman–Crippen MR) is 110 cm³/mol. The van der Waals surface area contributed by atoms with Crippen molar-refractivity contribution in [3.63, 3.8) is 0 Å². The summed E-state index contributed by atoms with van der Waals surface area (Å²) in [5.41, 5.74) is -1.26. The fourth-order valence-electron chi connectivity index (χ4n) is 8.38. The van der Waals surface area contributed by atoms with Crippen LogP contribution in [0.15, 0.2) is 11.6 Å². The molecule has 1 unspecified atom stereocenters. The first-order chi connectivity index (χ1) is 13.9. The lowest BCUT2D eigenvalue weighted by Gasteiger charge is -2.62. The van der Waals surface area contributed by atoms with Crippen LogP contribution in [0, 0.1) is 34.5 Å². The monoisotopic (exact) mass is 420 g/mol. The Morgan fingerprint density at radius 1 is 1.07 bits per heavy atom. The quantitative estimate of drug-likeness (QED) is 0.468. The first-order valence-corrected chi connectivity index (χ1v) is 11.3. The van der Waals surface area contributed by atoms with Gasteiger partial charge in [0.2, 0.25) is 0 Å². The maximum atomic E-state index is 12.9. The fourth-order valence-corrected chi connectivity index (χ4v) is 8.38. The van der Waals surface area contributed by atoms with E-state index in [0.29, 0.717) is 12.8 Å². The minimum Gasteiger partial charge on any atom is -0.451 e. The molecule has 0 spiro atoms. The van der Waals surface area contributed by atoms with E-state index in [1.54, 1.807) is 0 Å². The zero-order valence-electron chi connectivity index (χ0n) is 18.7. The van der Waals surface area contributed by atoms with Crippen LogP contribution in [0.2, 0.25) is 0 Å². The Kier molecular flexibility index (Phi) is 5.04. The normalized spacial score (nSPS) is 52.5. The molecule has 0 aromatic rings. The van der Waals surface area contributed by atoms with Crippen molar-refractivity contribution in [2.45, 2.75) is 90.6 Å². The Labute approximate surface area is 178 Å². The SMILES string of the molecule is CC(=O)O[C@]1(C(C)=O)C[C@@H](O)[C@H]2[C@@H]3C[C@H](C)C4=CC(O)CC[C@]4(C)[C@H]3[C@@H](O)C[C@@]21C. The molecule has 0 heterocycles. The molecule has 3 N–H and O–H groups in total. The lowest BCUT2D eigenvalue weighted by atomic mass is 9.43. The van der Waals surface area contributed by atoms with Crippen LogP contribution in [-0.2, 0) is 14.3 Å². The number of carbonyl (C=O) groups is 2. The van der Waals surface area contributed by atoms with Crippen molar-refractivity contribution in [2.24, 2.45) is 34.5 Å². The highest BCUT2D eigenvalue weighted by atomic mass is 16.6. The number of aliphatic hydroxyl groups is 3. The third-order valence-electron chi connectivity index (χ3n) is 9.31. The van der Waals surface area contributed by atoms with Crippen molar-refractivity contribution >= 4 is 11.8 Å². The summed E-state index contributed by atoms with van der Waals surface area (Å²) < 4.78 is 5.70. The van der Waals surface area contributed by atoms with Crippen LogP contribution in [0.4, 0.5) is 0 Å². The molecule has 0 saturated heterocycles. The Bertz CT molecular complexity index is 791. The summed E-state index contributed by atoms with van der Waals surface area (Å²) in [6.45, 7) is 8.98. The van der Waals surface area contributed by atoms with Gasteiger partial charge >= 0.3 is 5.97 Å². The van der Waals surface area contributed by atoms with Gasteiger partial charge in [-0.25, -0.2) is 0 Å². The van der Waals surface area contributed by atoms with Gasteiger partial charge in [-0.2, -0.15) is 0 Å². The van der Waals surface area contributed by atoms with Gasteiger partial charge in [0.05, 0.1) is 18.3 Å². The van der Waals surface area contributed by atoms with Crippen molar-refractivity contribution in [3.05, 3.63) is 11.6 Å². The van der Waals surface area contributed by atoms with E-state index in [1.807, 2.05) is 13.0 Å². The third kappa shape index (κ3) is 2.72. The highest BCUT2D eigenvalue weighted by Crippen LogP contribution is 2.69. The van der Waals surface area contributed by atoms with Crippen LogP contribution in [0.25, 0.3) is 0 Å². The summed E-state index contributed by atoms with van der Waals surface area (Å²) in [4.78, 5) is 24.8. The van der Waals surface area contributed by atoms with E-state index in [2.05, 4.69) is 13.8 Å². The van der Waals surface area contributed by atoms with Crippen LogP contribution in [-0.4, -0.2) is 51.0 Å². The number of ketones is 1. The molecule has 3 fully saturated rings. The van der Waals surface area contributed by atoms with Crippen LogP contribution < -0.4 is 0 Å². The predicted octanol–water partition coefficient (Wildman–Crippen LogP) is 2.39. The van der Waals surface area contributed by atoms with Crippen molar-refractivity contribution in [1.82, 2.24) is 0 Å². The van der Waals surface area contributed by atoms with Crippen LogP contribution in [0.3, 0.4) is 0 Å². The van der Waals surface area contributed by atoms with E-state index in [4.69, 9.17) is 4.74 Å². The summed E-state index contributed by atoms with van der Waals surface area (Å²) in [7, 11) is 0. The maximum Gasteiger partial charge on any atom is 0.303 e. The number of hydrogen-bond donors (Lipinski definition) is 3. The Morgan fingerprint density at radius 3 is 2.30 bits per heavy atom. The molecule has 4 aliphatic rings. The first kappa shape index (κ1) is 22.0. The van der Waals surface area contributed by atoms with E-state index >= 15 is 0 Å². The molecule has 0 bridgehead atoms. The van der Waals surface area contributed by atoms with Crippen molar-refractivity contribution < 1.29 is 29.6 Å². The smallest absolute Gasteiger partial charge is 0.303 e. The Morgan fingerprint density at radius 2 is 1.70 bits per heavy atom. The average molecular weight is 421 g/mol. The molecule has 0 radical (unpaired) electrons. The lowest BCUT2D eigenvalue weighted by molar-refractivity contribution is -0.202. The third-order valence-corrected chi connectivity index (χ3v) is 9.31. The number of fused-ring (bicyclic) bond motifs is 5. The van der Waals surface area contributed by atoms with E-state index in [-0.39, 0.29) is 41.3 Å². The zero-order chi connectivity index (χ0) is 22.2. The maximum absolute atomic E-state index is 12.9. The minimum absolute atomic E-state index is 0.0120. The average Bonchev–Trinajstić information content (AvgIpc) is 2.83. The van der Waals surface area contributed by atoms with Crippen molar-refractivity contribution in [1.29, 1.82) is 0 Å². The van der Waals surface area contributed by atoms with Crippen LogP contribution in [0.5, 0.6) is 0 Å². The molecule has 0 aliphatic heterocycles. The van der Waals surface area contributed by atoms with Gasteiger partial charge in [0.1, 0.15) is 0 Å². The standard InChI is InChI=1S/C24H36O6/c1-12-8-16-20(22(4)7-6-15(27)9-17(12)22)18(28)10-23(5)21(16)19(29)11-24(23,13(2)25)30-14(3)26/h9,12,15-16,18-21,27-29H,6-8,10-11H2,1-5H3/t12-,15?,16+,18-,19+,20+,21+,22-,23-,24-/m0/s1. The molecular weight excluding hydrogens is 384 g/mol. The van der Waals surface area contributed by atoms with Gasteiger partial charge in [-0.1, -0.05) is 32.4 Å². The molecule has 4 aliphatic carbocycles. The van der Waals surface area contributed by atoms with Crippen molar-refractivity contribution in [2.75, 3.05) is 0 Å². The van der Waals surface area contributed by atoms with E-state index < -0.39 is 35.3 Å². The van der Waals surface area contributed by atoms with Crippen LogP contribution in [0.1, 0.15) is 66.7 Å². The van der Waals surface area contributed by atoms with Gasteiger partial charge in [0, 0.05) is 18.8 Å². The Hall–Kier alpha value is -1.24. The molecule has 168 valence electrons. The topological polar surface area (TPSA) is 104 Å². The Balaban J connectivity index is 1.82.